The Bertz CT molecular complexity index is 340. The van der Waals surface area contributed by atoms with Crippen LogP contribution in [0, 0.1) is 0 Å². The molecule has 0 amide bonds. The van der Waals surface area contributed by atoms with Gasteiger partial charge in [-0.05, 0) is 26.8 Å². The molecular weight excluding hydrogens is 214 g/mol. The molecule has 0 aromatic carbocycles. The molecule has 1 fully saturated rings. The maximum absolute atomic E-state index is 5.46. The molecule has 2 unspecified atom stereocenters. The number of aromatic nitrogens is 2. The Kier molecular flexibility index (Phi) is 4.05. The van der Waals surface area contributed by atoms with Crippen LogP contribution in [-0.2, 0) is 6.54 Å². The van der Waals surface area contributed by atoms with Crippen molar-refractivity contribution in [3.05, 3.63) is 11.9 Å². The fourth-order valence-electron chi connectivity index (χ4n) is 2.96. The lowest BCUT2D eigenvalue weighted by Crippen LogP contribution is -2.35. The second-order valence-corrected chi connectivity index (χ2v) is 4.70. The van der Waals surface area contributed by atoms with Crippen LogP contribution in [0.15, 0.2) is 6.20 Å². The van der Waals surface area contributed by atoms with Crippen LogP contribution >= 0.6 is 0 Å². The molecule has 96 valence electrons. The standard InChI is InChI=1S/C13H23N3O/c1-4-16-13(12(17-3)9-15-16)10-7-5-6-8-11(10)14-2/h9-11,14H,4-8H2,1-3H3. The van der Waals surface area contributed by atoms with Crippen molar-refractivity contribution < 1.29 is 4.74 Å². The number of hydrogen-bond acceptors (Lipinski definition) is 3. The maximum Gasteiger partial charge on any atom is 0.160 e. The van der Waals surface area contributed by atoms with Gasteiger partial charge in [-0.2, -0.15) is 5.10 Å². The fraction of sp³-hybridized carbons (Fsp3) is 0.769. The van der Waals surface area contributed by atoms with Crippen LogP contribution < -0.4 is 10.1 Å². The molecule has 0 aliphatic heterocycles. The van der Waals surface area contributed by atoms with Crippen LogP contribution in [0.5, 0.6) is 5.75 Å². The summed E-state index contributed by atoms with van der Waals surface area (Å²) in [6.07, 6.45) is 6.96. The number of methoxy groups -OCH3 is 1. The average Bonchev–Trinajstić information content (AvgIpc) is 2.81. The van der Waals surface area contributed by atoms with Crippen LogP contribution in [0.4, 0.5) is 0 Å². The molecular formula is C13H23N3O. The number of ether oxygens (including phenoxy) is 1. The van der Waals surface area contributed by atoms with E-state index in [4.69, 9.17) is 4.74 Å². The van der Waals surface area contributed by atoms with Crippen LogP contribution in [0.25, 0.3) is 0 Å². The van der Waals surface area contributed by atoms with E-state index in [1.165, 1.54) is 31.4 Å². The lowest BCUT2D eigenvalue weighted by Gasteiger charge is -2.32. The Morgan fingerprint density at radius 1 is 1.47 bits per heavy atom. The van der Waals surface area contributed by atoms with Gasteiger partial charge in [-0.1, -0.05) is 12.8 Å². The molecule has 1 aliphatic carbocycles. The van der Waals surface area contributed by atoms with Crippen molar-refractivity contribution in [3.63, 3.8) is 0 Å². The van der Waals surface area contributed by atoms with Crippen molar-refractivity contribution in [2.75, 3.05) is 14.2 Å². The fourth-order valence-corrected chi connectivity index (χ4v) is 2.96. The van der Waals surface area contributed by atoms with Gasteiger partial charge in [-0.25, -0.2) is 0 Å². The van der Waals surface area contributed by atoms with Gasteiger partial charge in [0.25, 0.3) is 0 Å². The minimum atomic E-state index is 0.533. The van der Waals surface area contributed by atoms with E-state index >= 15 is 0 Å². The molecule has 0 spiro atoms. The third-order valence-corrected chi connectivity index (χ3v) is 3.85. The predicted molar refractivity (Wildman–Crippen MR) is 68.5 cm³/mol. The van der Waals surface area contributed by atoms with Gasteiger partial charge < -0.3 is 10.1 Å². The van der Waals surface area contributed by atoms with Crippen molar-refractivity contribution >= 4 is 0 Å². The van der Waals surface area contributed by atoms with E-state index in [1.807, 2.05) is 6.20 Å². The van der Waals surface area contributed by atoms with Crippen molar-refractivity contribution in [2.45, 2.75) is 51.1 Å². The van der Waals surface area contributed by atoms with Crippen LogP contribution in [-0.4, -0.2) is 30.0 Å². The second-order valence-electron chi connectivity index (χ2n) is 4.70. The molecule has 1 saturated carbocycles. The summed E-state index contributed by atoms with van der Waals surface area (Å²) in [6, 6.07) is 0.555. The van der Waals surface area contributed by atoms with Gasteiger partial charge in [0.05, 0.1) is 19.0 Å². The number of hydrogen-bond donors (Lipinski definition) is 1. The molecule has 17 heavy (non-hydrogen) atoms. The Labute approximate surface area is 103 Å². The summed E-state index contributed by atoms with van der Waals surface area (Å²) in [5.41, 5.74) is 1.27. The zero-order chi connectivity index (χ0) is 12.3. The van der Waals surface area contributed by atoms with E-state index in [0.29, 0.717) is 12.0 Å². The summed E-state index contributed by atoms with van der Waals surface area (Å²) in [6.45, 7) is 3.04. The number of aryl methyl sites for hydroxylation is 1. The SMILES string of the molecule is CCn1ncc(OC)c1C1CCCCC1NC. The number of nitrogens with one attached hydrogen (secondary N) is 1. The van der Waals surface area contributed by atoms with Gasteiger partial charge in [0, 0.05) is 18.5 Å². The molecule has 1 heterocycles. The zero-order valence-electron chi connectivity index (χ0n) is 11.1. The molecule has 4 heteroatoms. The first-order valence-electron chi connectivity index (χ1n) is 6.58. The van der Waals surface area contributed by atoms with Gasteiger partial charge in [-0.3, -0.25) is 4.68 Å². The van der Waals surface area contributed by atoms with Gasteiger partial charge in [0.1, 0.15) is 0 Å². The van der Waals surface area contributed by atoms with Crippen LogP contribution in [0.1, 0.15) is 44.2 Å². The molecule has 2 atom stereocenters. The highest BCUT2D eigenvalue weighted by Crippen LogP contribution is 2.37. The number of nitrogens with zero attached hydrogens (tertiary/aromatic N) is 2. The molecule has 1 aliphatic rings. The quantitative estimate of drug-likeness (QED) is 0.872. The molecule has 4 nitrogen and oxygen atoms in total. The van der Waals surface area contributed by atoms with E-state index in [9.17, 15) is 0 Å². The molecule has 0 radical (unpaired) electrons. The van der Waals surface area contributed by atoms with Crippen LogP contribution in [0.3, 0.4) is 0 Å². The lowest BCUT2D eigenvalue weighted by atomic mass is 9.82. The Hall–Kier alpha value is -1.03. The highest BCUT2D eigenvalue weighted by atomic mass is 16.5. The van der Waals surface area contributed by atoms with Crippen molar-refractivity contribution in [1.29, 1.82) is 0 Å². The topological polar surface area (TPSA) is 39.1 Å². The number of likely N-dealkylation sites (N-methyl/N-ethyl adjacent to an activating group) is 1. The average molecular weight is 237 g/mol. The van der Waals surface area contributed by atoms with E-state index in [0.717, 1.165) is 12.3 Å². The zero-order valence-corrected chi connectivity index (χ0v) is 11.1. The van der Waals surface area contributed by atoms with Gasteiger partial charge >= 0.3 is 0 Å². The second kappa shape index (κ2) is 5.54. The van der Waals surface area contributed by atoms with Crippen molar-refractivity contribution in [2.24, 2.45) is 0 Å². The highest BCUT2D eigenvalue weighted by Gasteiger charge is 2.30. The summed E-state index contributed by atoms with van der Waals surface area (Å²) in [5, 5.41) is 7.86. The molecule has 0 saturated heterocycles. The third-order valence-electron chi connectivity index (χ3n) is 3.85. The predicted octanol–water partition coefficient (Wildman–Crippen LogP) is 2.16. The monoisotopic (exact) mass is 237 g/mol. The van der Waals surface area contributed by atoms with Crippen molar-refractivity contribution in [3.8, 4) is 5.75 Å². The molecule has 1 aromatic heterocycles. The first-order valence-corrected chi connectivity index (χ1v) is 6.58. The lowest BCUT2D eigenvalue weighted by molar-refractivity contribution is 0.316. The largest absolute Gasteiger partial charge is 0.493 e. The molecule has 0 bridgehead atoms. The van der Waals surface area contributed by atoms with Crippen molar-refractivity contribution in [1.82, 2.24) is 15.1 Å². The van der Waals surface area contributed by atoms with Crippen LogP contribution in [0.2, 0.25) is 0 Å². The van der Waals surface area contributed by atoms with E-state index in [1.54, 1.807) is 7.11 Å². The summed E-state index contributed by atoms with van der Waals surface area (Å²) in [4.78, 5) is 0. The first-order chi connectivity index (χ1) is 8.31. The minimum absolute atomic E-state index is 0.533. The van der Waals surface area contributed by atoms with E-state index < -0.39 is 0 Å². The Morgan fingerprint density at radius 3 is 2.88 bits per heavy atom. The highest BCUT2D eigenvalue weighted by molar-refractivity contribution is 5.30. The molecule has 2 rings (SSSR count). The molecule has 1 aromatic rings. The van der Waals surface area contributed by atoms with Gasteiger partial charge in [0.15, 0.2) is 5.75 Å². The van der Waals surface area contributed by atoms with E-state index in [-0.39, 0.29) is 0 Å². The summed E-state index contributed by atoms with van der Waals surface area (Å²) < 4.78 is 7.55. The first kappa shape index (κ1) is 12.4. The Morgan fingerprint density at radius 2 is 2.24 bits per heavy atom. The summed E-state index contributed by atoms with van der Waals surface area (Å²) in [7, 11) is 3.79. The summed E-state index contributed by atoms with van der Waals surface area (Å²) in [5.74, 6) is 1.48. The number of rotatable bonds is 4. The van der Waals surface area contributed by atoms with Gasteiger partial charge in [0.2, 0.25) is 0 Å². The minimum Gasteiger partial charge on any atom is -0.493 e. The molecule has 1 N–H and O–H groups in total. The maximum atomic E-state index is 5.46. The third kappa shape index (κ3) is 2.32. The summed E-state index contributed by atoms with van der Waals surface area (Å²) >= 11 is 0. The Balaban J connectivity index is 2.32. The van der Waals surface area contributed by atoms with E-state index in [2.05, 4.69) is 29.1 Å². The normalized spacial score (nSPS) is 24.9. The smallest absolute Gasteiger partial charge is 0.160 e. The van der Waals surface area contributed by atoms with Gasteiger partial charge in [-0.15, -0.1) is 0 Å².